The molecule has 1 saturated heterocycles. The van der Waals surface area contributed by atoms with Gasteiger partial charge >= 0.3 is 0 Å². The van der Waals surface area contributed by atoms with Crippen LogP contribution in [0, 0.1) is 5.41 Å². The summed E-state index contributed by atoms with van der Waals surface area (Å²) >= 11 is 0. The minimum Gasteiger partial charge on any atom is -0.457 e. The molecule has 0 unspecified atom stereocenters. The fraction of sp³-hybridized carbons (Fsp3) is 0.556. The Morgan fingerprint density at radius 3 is 1.53 bits per heavy atom. The lowest BCUT2D eigenvalue weighted by atomic mass is 9.80. The first-order valence-electron chi connectivity index (χ1n) is 10.9. The van der Waals surface area contributed by atoms with E-state index in [2.05, 4.69) is 92.6 Å². The molecule has 0 aromatic heterocycles. The molecule has 30 heavy (non-hydrogen) atoms. The van der Waals surface area contributed by atoms with Crippen LogP contribution in [0.3, 0.4) is 0 Å². The van der Waals surface area contributed by atoms with Crippen molar-refractivity contribution in [2.24, 2.45) is 5.41 Å². The van der Waals surface area contributed by atoms with Gasteiger partial charge in [0.2, 0.25) is 0 Å². The zero-order valence-corrected chi connectivity index (χ0v) is 20.2. The Balaban J connectivity index is 1.92. The first-order chi connectivity index (χ1) is 13.7. The van der Waals surface area contributed by atoms with Crippen LogP contribution in [-0.2, 0) is 26.1 Å². The van der Waals surface area contributed by atoms with E-state index in [4.69, 9.17) is 14.2 Å². The molecule has 3 heteroatoms. The highest BCUT2D eigenvalue weighted by Gasteiger charge is 2.48. The van der Waals surface area contributed by atoms with Crippen molar-refractivity contribution in [1.82, 2.24) is 0 Å². The molecule has 1 fully saturated rings. The van der Waals surface area contributed by atoms with Gasteiger partial charge in [0.05, 0.1) is 13.2 Å². The molecule has 0 bridgehead atoms. The number of hydrogen-bond donors (Lipinski definition) is 0. The van der Waals surface area contributed by atoms with Crippen molar-refractivity contribution in [3.05, 3.63) is 59.2 Å². The number of ether oxygens (including phenoxy) is 3. The molecule has 0 radical (unpaired) electrons. The van der Waals surface area contributed by atoms with Gasteiger partial charge < -0.3 is 14.2 Å². The van der Waals surface area contributed by atoms with E-state index in [1.165, 1.54) is 11.1 Å². The minimum atomic E-state index is -0.711. The van der Waals surface area contributed by atoms with Crippen LogP contribution in [0.15, 0.2) is 42.5 Å². The summed E-state index contributed by atoms with van der Waals surface area (Å²) in [7, 11) is 0. The lowest BCUT2D eigenvalue weighted by Crippen LogP contribution is -2.41. The summed E-state index contributed by atoms with van der Waals surface area (Å²) in [6, 6.07) is 14.8. The maximum Gasteiger partial charge on any atom is 0.199 e. The van der Waals surface area contributed by atoms with Crippen LogP contribution in [0.1, 0.15) is 79.0 Å². The largest absolute Gasteiger partial charge is 0.457 e. The van der Waals surface area contributed by atoms with Crippen LogP contribution in [0.2, 0.25) is 0 Å². The van der Waals surface area contributed by atoms with E-state index >= 15 is 0 Å². The van der Waals surface area contributed by atoms with Crippen LogP contribution < -0.4 is 4.74 Å². The highest BCUT2D eigenvalue weighted by atomic mass is 16.7. The lowest BCUT2D eigenvalue weighted by Gasteiger charge is -2.39. The zero-order valence-electron chi connectivity index (χ0n) is 20.2. The van der Waals surface area contributed by atoms with E-state index in [-0.39, 0.29) is 16.2 Å². The van der Waals surface area contributed by atoms with E-state index in [0.29, 0.717) is 13.2 Å². The average Bonchev–Trinajstić information content (AvgIpc) is 3.12. The van der Waals surface area contributed by atoms with Crippen LogP contribution in [0.25, 0.3) is 0 Å². The summed E-state index contributed by atoms with van der Waals surface area (Å²) < 4.78 is 18.5. The van der Waals surface area contributed by atoms with Gasteiger partial charge in [0.25, 0.3) is 0 Å². The second-order valence-corrected chi connectivity index (χ2v) is 11.4. The molecule has 3 nitrogen and oxygen atoms in total. The van der Waals surface area contributed by atoms with Gasteiger partial charge in [0.1, 0.15) is 11.5 Å². The van der Waals surface area contributed by atoms with E-state index in [0.717, 1.165) is 17.1 Å². The molecule has 0 saturated carbocycles. The summed E-state index contributed by atoms with van der Waals surface area (Å²) in [5.41, 5.74) is 3.52. The summed E-state index contributed by atoms with van der Waals surface area (Å²) in [6.07, 6.45) is 0. The van der Waals surface area contributed by atoms with Gasteiger partial charge in [-0.3, -0.25) is 0 Å². The fourth-order valence-electron chi connectivity index (χ4n) is 3.85. The van der Waals surface area contributed by atoms with Crippen molar-refractivity contribution in [3.63, 3.8) is 0 Å². The Hall–Kier alpha value is -1.84. The minimum absolute atomic E-state index is 0.0550. The molecule has 0 amide bonds. The summed E-state index contributed by atoms with van der Waals surface area (Å²) in [6.45, 7) is 21.1. The Kier molecular flexibility index (Phi) is 5.85. The first kappa shape index (κ1) is 22.8. The number of rotatable bonds is 3. The molecule has 0 aliphatic carbocycles. The van der Waals surface area contributed by atoms with Gasteiger partial charge in [0.15, 0.2) is 5.79 Å². The second kappa shape index (κ2) is 7.69. The maximum absolute atomic E-state index is 6.30. The molecule has 2 aromatic rings. The third kappa shape index (κ3) is 4.58. The van der Waals surface area contributed by atoms with Crippen LogP contribution in [0.5, 0.6) is 11.5 Å². The molecule has 0 atom stereocenters. The normalized spacial score (nSPS) is 17.2. The standard InChI is InChI=1S/C27H38O3/c1-24(2,3)20-16-21(25(4,5)6)18-23(17-20)30-22-12-10-19(11-13-22)27(26(7,8)9)28-14-15-29-27/h10-13,16-18H,14-15H2,1-9H3. The average molecular weight is 411 g/mol. The molecule has 1 aliphatic rings. The molecule has 1 aliphatic heterocycles. The molecule has 0 spiro atoms. The number of benzene rings is 2. The van der Waals surface area contributed by atoms with Gasteiger partial charge in [0, 0.05) is 11.0 Å². The van der Waals surface area contributed by atoms with E-state index < -0.39 is 5.79 Å². The highest BCUT2D eigenvalue weighted by Crippen LogP contribution is 2.46. The van der Waals surface area contributed by atoms with Gasteiger partial charge in [-0.2, -0.15) is 0 Å². The molecule has 0 N–H and O–H groups in total. The predicted molar refractivity (Wildman–Crippen MR) is 123 cm³/mol. The van der Waals surface area contributed by atoms with E-state index in [1.54, 1.807) is 0 Å². The van der Waals surface area contributed by atoms with Gasteiger partial charge in [-0.25, -0.2) is 0 Å². The second-order valence-electron chi connectivity index (χ2n) is 11.4. The summed E-state index contributed by atoms with van der Waals surface area (Å²) in [5.74, 6) is 0.975. The van der Waals surface area contributed by atoms with Crippen molar-refractivity contribution in [1.29, 1.82) is 0 Å². The van der Waals surface area contributed by atoms with Crippen molar-refractivity contribution in [2.75, 3.05) is 13.2 Å². The third-order valence-electron chi connectivity index (χ3n) is 5.79. The molecule has 1 heterocycles. The van der Waals surface area contributed by atoms with Gasteiger partial charge in [-0.15, -0.1) is 0 Å². The smallest absolute Gasteiger partial charge is 0.199 e. The monoisotopic (exact) mass is 410 g/mol. The Morgan fingerprint density at radius 1 is 0.667 bits per heavy atom. The maximum atomic E-state index is 6.30. The Labute approximate surface area is 182 Å². The molecule has 164 valence electrons. The summed E-state index contributed by atoms with van der Waals surface area (Å²) in [5, 5.41) is 0. The van der Waals surface area contributed by atoms with E-state index in [1.807, 2.05) is 12.1 Å². The first-order valence-corrected chi connectivity index (χ1v) is 10.9. The van der Waals surface area contributed by atoms with Crippen molar-refractivity contribution in [3.8, 4) is 11.5 Å². The molecule has 2 aromatic carbocycles. The highest BCUT2D eigenvalue weighted by molar-refractivity contribution is 5.43. The van der Waals surface area contributed by atoms with Crippen molar-refractivity contribution < 1.29 is 14.2 Å². The third-order valence-corrected chi connectivity index (χ3v) is 5.79. The van der Waals surface area contributed by atoms with Crippen molar-refractivity contribution >= 4 is 0 Å². The van der Waals surface area contributed by atoms with Crippen molar-refractivity contribution in [2.45, 2.75) is 78.9 Å². The predicted octanol–water partition coefficient (Wildman–Crippen LogP) is 7.32. The molecular weight excluding hydrogens is 372 g/mol. The molecule has 3 rings (SSSR count). The number of hydrogen-bond acceptors (Lipinski definition) is 3. The fourth-order valence-corrected chi connectivity index (χ4v) is 3.85. The van der Waals surface area contributed by atoms with Crippen LogP contribution in [0.4, 0.5) is 0 Å². The SMILES string of the molecule is CC(C)(C)c1cc(Oc2ccc(C3(C(C)(C)C)OCCO3)cc2)cc(C(C)(C)C)c1. The quantitative estimate of drug-likeness (QED) is 0.530. The van der Waals surface area contributed by atoms with Gasteiger partial charge in [-0.1, -0.05) is 68.4 Å². The van der Waals surface area contributed by atoms with Crippen LogP contribution >= 0.6 is 0 Å². The van der Waals surface area contributed by atoms with Crippen LogP contribution in [-0.4, -0.2) is 13.2 Å². The van der Waals surface area contributed by atoms with E-state index in [9.17, 15) is 0 Å². The topological polar surface area (TPSA) is 27.7 Å². The lowest BCUT2D eigenvalue weighted by molar-refractivity contribution is -0.232. The summed E-state index contributed by atoms with van der Waals surface area (Å²) in [4.78, 5) is 0. The Bertz CT molecular complexity index is 836. The van der Waals surface area contributed by atoms with Gasteiger partial charge in [-0.05, 0) is 58.4 Å². The Morgan fingerprint density at radius 2 is 1.13 bits per heavy atom. The zero-order chi connectivity index (χ0) is 22.4. The molecular formula is C27H38O3.